The van der Waals surface area contributed by atoms with Crippen molar-refractivity contribution in [2.24, 2.45) is 17.6 Å². The maximum atomic E-state index is 6.05. The third kappa shape index (κ3) is 4.96. The molecule has 3 nitrogen and oxygen atoms in total. The Balaban J connectivity index is 2.19. The molecule has 2 atom stereocenters. The molecule has 2 N–H and O–H groups in total. The molecule has 2 unspecified atom stereocenters. The molecule has 1 saturated heterocycles. The van der Waals surface area contributed by atoms with Crippen LogP contribution >= 0.6 is 0 Å². The summed E-state index contributed by atoms with van der Waals surface area (Å²) in [4.78, 5) is 2.35. The van der Waals surface area contributed by atoms with Crippen molar-refractivity contribution in [1.29, 1.82) is 0 Å². The number of ether oxygens (including phenoxy) is 1. The topological polar surface area (TPSA) is 38.5 Å². The third-order valence-corrected chi connectivity index (χ3v) is 3.20. The zero-order valence-electron chi connectivity index (χ0n) is 10.4. The maximum Gasteiger partial charge on any atom is 0.0506 e. The molecule has 0 saturated carbocycles. The lowest BCUT2D eigenvalue weighted by Crippen LogP contribution is -2.41. The summed E-state index contributed by atoms with van der Waals surface area (Å²) in [5.41, 5.74) is 6.05. The summed E-state index contributed by atoms with van der Waals surface area (Å²) < 4.78 is 5.48. The fourth-order valence-electron chi connectivity index (χ4n) is 2.04. The highest BCUT2D eigenvalue weighted by Gasteiger charge is 2.17. The van der Waals surface area contributed by atoms with E-state index in [1.54, 1.807) is 0 Å². The smallest absolute Gasteiger partial charge is 0.0506 e. The van der Waals surface area contributed by atoms with E-state index in [-0.39, 0.29) is 0 Å². The van der Waals surface area contributed by atoms with Gasteiger partial charge in [-0.15, -0.1) is 0 Å². The van der Waals surface area contributed by atoms with Crippen molar-refractivity contribution in [3.8, 4) is 0 Å². The average molecular weight is 214 g/mol. The van der Waals surface area contributed by atoms with Crippen LogP contribution in [0.1, 0.15) is 26.7 Å². The Bertz CT molecular complexity index is 167. The van der Waals surface area contributed by atoms with Gasteiger partial charge in [0.25, 0.3) is 0 Å². The third-order valence-electron chi connectivity index (χ3n) is 3.20. The molecule has 0 aromatic rings. The molecule has 0 bridgehead atoms. The van der Waals surface area contributed by atoms with Crippen molar-refractivity contribution in [2.75, 3.05) is 33.4 Å². The summed E-state index contributed by atoms with van der Waals surface area (Å²) in [6.45, 7) is 8.37. The fourth-order valence-corrected chi connectivity index (χ4v) is 2.04. The molecule has 3 heteroatoms. The van der Waals surface area contributed by atoms with Crippen LogP contribution in [0.4, 0.5) is 0 Å². The standard InChI is InChI=1S/C12H26N2O/c1-10(2)12(13)8-14(3)7-11-5-4-6-15-9-11/h10-12H,4-9,13H2,1-3H3. The van der Waals surface area contributed by atoms with E-state index in [1.165, 1.54) is 12.8 Å². The molecule has 0 aromatic heterocycles. The second-order valence-electron chi connectivity index (χ2n) is 5.21. The first-order valence-electron chi connectivity index (χ1n) is 6.11. The Morgan fingerprint density at radius 3 is 2.73 bits per heavy atom. The minimum Gasteiger partial charge on any atom is -0.381 e. The quantitative estimate of drug-likeness (QED) is 0.750. The average Bonchev–Trinajstić information content (AvgIpc) is 2.18. The molecule has 0 spiro atoms. The highest BCUT2D eigenvalue weighted by atomic mass is 16.5. The van der Waals surface area contributed by atoms with Gasteiger partial charge in [-0.1, -0.05) is 13.8 Å². The summed E-state index contributed by atoms with van der Waals surface area (Å²) in [6.07, 6.45) is 2.52. The van der Waals surface area contributed by atoms with E-state index in [9.17, 15) is 0 Å². The molecule has 0 radical (unpaired) electrons. The zero-order valence-corrected chi connectivity index (χ0v) is 10.4. The van der Waals surface area contributed by atoms with Crippen molar-refractivity contribution >= 4 is 0 Å². The molecular weight excluding hydrogens is 188 g/mol. The van der Waals surface area contributed by atoms with E-state index in [0.29, 0.717) is 17.9 Å². The second-order valence-corrected chi connectivity index (χ2v) is 5.21. The Hall–Kier alpha value is -0.120. The lowest BCUT2D eigenvalue weighted by atomic mass is 10.0. The molecule has 0 amide bonds. The van der Waals surface area contributed by atoms with Crippen LogP contribution < -0.4 is 5.73 Å². The predicted octanol–water partition coefficient (Wildman–Crippen LogP) is 1.33. The van der Waals surface area contributed by atoms with Crippen molar-refractivity contribution in [2.45, 2.75) is 32.7 Å². The van der Waals surface area contributed by atoms with Crippen molar-refractivity contribution in [3.05, 3.63) is 0 Å². The molecule has 15 heavy (non-hydrogen) atoms. The van der Waals surface area contributed by atoms with E-state index in [4.69, 9.17) is 10.5 Å². The first-order chi connectivity index (χ1) is 7.09. The van der Waals surface area contributed by atoms with Crippen molar-refractivity contribution in [3.63, 3.8) is 0 Å². The Kier molecular flexibility index (Phi) is 5.58. The van der Waals surface area contributed by atoms with Crippen molar-refractivity contribution < 1.29 is 4.74 Å². The van der Waals surface area contributed by atoms with Gasteiger partial charge in [0.05, 0.1) is 6.61 Å². The molecule has 1 aliphatic heterocycles. The second kappa shape index (κ2) is 6.46. The fraction of sp³-hybridized carbons (Fsp3) is 1.00. The highest BCUT2D eigenvalue weighted by Crippen LogP contribution is 2.14. The molecule has 1 fully saturated rings. The van der Waals surface area contributed by atoms with Crippen LogP contribution in [-0.2, 0) is 4.74 Å². The highest BCUT2D eigenvalue weighted by molar-refractivity contribution is 4.72. The van der Waals surface area contributed by atoms with Crippen LogP contribution in [0, 0.1) is 11.8 Å². The summed E-state index contributed by atoms with van der Waals surface area (Å²) in [6, 6.07) is 0.291. The SMILES string of the molecule is CC(C)C(N)CN(C)CC1CCCOC1. The number of likely N-dealkylation sites (N-methyl/N-ethyl adjacent to an activating group) is 1. The zero-order chi connectivity index (χ0) is 11.3. The van der Waals surface area contributed by atoms with Gasteiger partial charge in [-0.25, -0.2) is 0 Å². The van der Waals surface area contributed by atoms with Gasteiger partial charge in [0.15, 0.2) is 0 Å². The summed E-state index contributed by atoms with van der Waals surface area (Å²) in [7, 11) is 2.16. The minimum atomic E-state index is 0.291. The van der Waals surface area contributed by atoms with E-state index in [2.05, 4.69) is 25.8 Å². The molecule has 0 aliphatic carbocycles. The summed E-state index contributed by atoms with van der Waals surface area (Å²) in [5, 5.41) is 0. The van der Waals surface area contributed by atoms with Crippen LogP contribution in [0.5, 0.6) is 0 Å². The van der Waals surface area contributed by atoms with Gasteiger partial charge in [-0.2, -0.15) is 0 Å². The summed E-state index contributed by atoms with van der Waals surface area (Å²) >= 11 is 0. The number of nitrogens with zero attached hydrogens (tertiary/aromatic N) is 1. The van der Waals surface area contributed by atoms with Gasteiger partial charge in [0.1, 0.15) is 0 Å². The molecule has 90 valence electrons. The molecular formula is C12H26N2O. The largest absolute Gasteiger partial charge is 0.381 e. The van der Waals surface area contributed by atoms with Crippen LogP contribution in [0.2, 0.25) is 0 Å². The minimum absolute atomic E-state index is 0.291. The molecule has 1 aliphatic rings. The molecule has 1 rings (SSSR count). The molecule has 1 heterocycles. The first kappa shape index (κ1) is 12.9. The van der Waals surface area contributed by atoms with Gasteiger partial charge in [-0.05, 0) is 31.7 Å². The Labute approximate surface area is 94.0 Å². The number of hydrogen-bond acceptors (Lipinski definition) is 3. The van der Waals surface area contributed by atoms with Crippen LogP contribution in [0.3, 0.4) is 0 Å². The van der Waals surface area contributed by atoms with Crippen LogP contribution in [0.15, 0.2) is 0 Å². The van der Waals surface area contributed by atoms with E-state index < -0.39 is 0 Å². The summed E-state index contributed by atoms with van der Waals surface area (Å²) in [5.74, 6) is 1.28. The first-order valence-corrected chi connectivity index (χ1v) is 6.11. The Morgan fingerprint density at radius 2 is 2.20 bits per heavy atom. The van der Waals surface area contributed by atoms with Gasteiger partial charge >= 0.3 is 0 Å². The lowest BCUT2D eigenvalue weighted by molar-refractivity contribution is 0.0409. The maximum absolute atomic E-state index is 6.05. The monoisotopic (exact) mass is 214 g/mol. The van der Waals surface area contributed by atoms with Crippen LogP contribution in [0.25, 0.3) is 0 Å². The normalized spacial score (nSPS) is 24.8. The predicted molar refractivity (Wildman–Crippen MR) is 63.9 cm³/mol. The van der Waals surface area contributed by atoms with E-state index in [1.807, 2.05) is 0 Å². The van der Waals surface area contributed by atoms with E-state index in [0.717, 1.165) is 26.3 Å². The number of rotatable bonds is 5. The number of nitrogens with two attached hydrogens (primary N) is 1. The van der Waals surface area contributed by atoms with Gasteiger partial charge < -0.3 is 15.4 Å². The molecule has 0 aromatic carbocycles. The Morgan fingerprint density at radius 1 is 1.47 bits per heavy atom. The lowest BCUT2D eigenvalue weighted by Gasteiger charge is -2.29. The van der Waals surface area contributed by atoms with Crippen LogP contribution in [-0.4, -0.2) is 44.3 Å². The number of hydrogen-bond donors (Lipinski definition) is 1. The van der Waals surface area contributed by atoms with Gasteiger partial charge in [-0.3, -0.25) is 0 Å². The van der Waals surface area contributed by atoms with Gasteiger partial charge in [0, 0.05) is 25.7 Å². The van der Waals surface area contributed by atoms with Gasteiger partial charge in [0.2, 0.25) is 0 Å². The van der Waals surface area contributed by atoms with Crippen molar-refractivity contribution in [1.82, 2.24) is 4.90 Å². The van der Waals surface area contributed by atoms with E-state index >= 15 is 0 Å².